The van der Waals surface area contributed by atoms with Gasteiger partial charge in [-0.1, -0.05) is 17.7 Å². The predicted molar refractivity (Wildman–Crippen MR) is 77.6 cm³/mol. The molecule has 1 atom stereocenters. The lowest BCUT2D eigenvalue weighted by Gasteiger charge is -2.14. The van der Waals surface area contributed by atoms with Gasteiger partial charge in [-0.05, 0) is 31.0 Å². The Morgan fingerprint density at radius 1 is 1.31 bits per heavy atom. The SMILES string of the molecule is CC(N)Cc1ccc(N(C)C)cc1Cl.Cl.Cl. The molecule has 0 bridgehead atoms. The smallest absolute Gasteiger partial charge is 0.0459 e. The lowest BCUT2D eigenvalue weighted by molar-refractivity contribution is 0.738. The number of nitrogens with zero attached hydrogens (tertiary/aromatic N) is 1. The lowest BCUT2D eigenvalue weighted by Crippen LogP contribution is -2.18. The number of rotatable bonds is 3. The van der Waals surface area contributed by atoms with Crippen molar-refractivity contribution in [3.8, 4) is 0 Å². The summed E-state index contributed by atoms with van der Waals surface area (Å²) in [6.07, 6.45) is 0.826. The quantitative estimate of drug-likeness (QED) is 0.924. The Bertz CT molecular complexity index is 314. The van der Waals surface area contributed by atoms with Gasteiger partial charge < -0.3 is 10.6 Å². The Labute approximate surface area is 115 Å². The average molecular weight is 286 g/mol. The van der Waals surface area contributed by atoms with E-state index in [0.717, 1.165) is 22.7 Å². The van der Waals surface area contributed by atoms with E-state index in [1.807, 2.05) is 38.1 Å². The van der Waals surface area contributed by atoms with Crippen LogP contribution >= 0.6 is 36.4 Å². The summed E-state index contributed by atoms with van der Waals surface area (Å²) >= 11 is 6.14. The second kappa shape index (κ2) is 8.02. The first-order valence-corrected chi connectivity index (χ1v) is 5.10. The van der Waals surface area contributed by atoms with E-state index in [1.54, 1.807) is 0 Å². The van der Waals surface area contributed by atoms with Gasteiger partial charge in [0, 0.05) is 30.8 Å². The normalized spacial score (nSPS) is 11.1. The van der Waals surface area contributed by atoms with Crippen molar-refractivity contribution in [2.45, 2.75) is 19.4 Å². The van der Waals surface area contributed by atoms with Gasteiger partial charge in [0.2, 0.25) is 0 Å². The molecule has 1 aromatic rings. The molecule has 2 N–H and O–H groups in total. The molecule has 2 nitrogen and oxygen atoms in total. The molecule has 5 heteroatoms. The zero-order chi connectivity index (χ0) is 10.7. The van der Waals surface area contributed by atoms with Gasteiger partial charge in [0.05, 0.1) is 0 Å². The van der Waals surface area contributed by atoms with Gasteiger partial charge in [0.1, 0.15) is 0 Å². The van der Waals surface area contributed by atoms with Crippen LogP contribution < -0.4 is 10.6 Å². The van der Waals surface area contributed by atoms with Crippen LogP contribution in [-0.2, 0) is 6.42 Å². The highest BCUT2D eigenvalue weighted by molar-refractivity contribution is 6.31. The zero-order valence-corrected chi connectivity index (χ0v) is 12.1. The summed E-state index contributed by atoms with van der Waals surface area (Å²) < 4.78 is 0. The number of hydrogen-bond acceptors (Lipinski definition) is 2. The van der Waals surface area contributed by atoms with Crippen LogP contribution in [0, 0.1) is 0 Å². The van der Waals surface area contributed by atoms with Crippen molar-refractivity contribution in [1.29, 1.82) is 0 Å². The minimum atomic E-state index is 0. The van der Waals surface area contributed by atoms with Crippen molar-refractivity contribution in [1.82, 2.24) is 0 Å². The molecule has 0 aromatic heterocycles. The summed E-state index contributed by atoms with van der Waals surface area (Å²) in [5.74, 6) is 0. The van der Waals surface area contributed by atoms with Crippen LogP contribution in [0.5, 0.6) is 0 Å². The lowest BCUT2D eigenvalue weighted by atomic mass is 10.1. The standard InChI is InChI=1S/C11H17ClN2.2ClH/c1-8(13)6-9-4-5-10(14(2)3)7-11(9)12;;/h4-5,7-8H,6,13H2,1-3H3;2*1H. The Morgan fingerprint density at radius 3 is 2.25 bits per heavy atom. The summed E-state index contributed by atoms with van der Waals surface area (Å²) in [6, 6.07) is 6.22. The van der Waals surface area contributed by atoms with E-state index >= 15 is 0 Å². The number of anilines is 1. The van der Waals surface area contributed by atoms with E-state index in [1.165, 1.54) is 0 Å². The molecule has 0 heterocycles. The van der Waals surface area contributed by atoms with E-state index in [0.29, 0.717) is 0 Å². The third-order valence-electron chi connectivity index (χ3n) is 2.09. The molecule has 1 unspecified atom stereocenters. The van der Waals surface area contributed by atoms with Crippen molar-refractivity contribution < 1.29 is 0 Å². The van der Waals surface area contributed by atoms with E-state index < -0.39 is 0 Å². The highest BCUT2D eigenvalue weighted by Gasteiger charge is 2.05. The second-order valence-electron chi connectivity index (χ2n) is 3.85. The Kier molecular flexibility index (Phi) is 9.13. The van der Waals surface area contributed by atoms with Crippen LogP contribution in [0.1, 0.15) is 12.5 Å². The molecule has 0 saturated carbocycles. The first-order chi connectivity index (χ1) is 6.50. The van der Waals surface area contributed by atoms with Crippen molar-refractivity contribution in [3.63, 3.8) is 0 Å². The predicted octanol–water partition coefficient (Wildman–Crippen LogP) is 3.14. The minimum absolute atomic E-state index is 0. The van der Waals surface area contributed by atoms with Crippen LogP contribution in [0.4, 0.5) is 5.69 Å². The maximum absolute atomic E-state index is 6.14. The highest BCUT2D eigenvalue weighted by Crippen LogP contribution is 2.23. The Morgan fingerprint density at radius 2 is 1.88 bits per heavy atom. The molecule has 1 aromatic carbocycles. The summed E-state index contributed by atoms with van der Waals surface area (Å²) in [7, 11) is 3.99. The van der Waals surface area contributed by atoms with Crippen molar-refractivity contribution >= 4 is 42.1 Å². The third-order valence-corrected chi connectivity index (χ3v) is 2.45. The van der Waals surface area contributed by atoms with Crippen LogP contribution in [0.3, 0.4) is 0 Å². The van der Waals surface area contributed by atoms with Crippen LogP contribution in [0.15, 0.2) is 18.2 Å². The fourth-order valence-electron chi connectivity index (χ4n) is 1.33. The molecule has 0 aliphatic carbocycles. The van der Waals surface area contributed by atoms with Gasteiger partial charge in [0.25, 0.3) is 0 Å². The van der Waals surface area contributed by atoms with E-state index in [-0.39, 0.29) is 30.9 Å². The summed E-state index contributed by atoms with van der Waals surface area (Å²) in [5.41, 5.74) is 7.95. The first kappa shape index (κ1) is 18.2. The third kappa shape index (κ3) is 5.26. The fourth-order valence-corrected chi connectivity index (χ4v) is 1.58. The van der Waals surface area contributed by atoms with E-state index in [4.69, 9.17) is 17.3 Å². The van der Waals surface area contributed by atoms with Crippen molar-refractivity contribution in [3.05, 3.63) is 28.8 Å². The molecule has 0 fully saturated rings. The van der Waals surface area contributed by atoms with Gasteiger partial charge in [-0.15, -0.1) is 24.8 Å². The molecule has 0 amide bonds. The monoisotopic (exact) mass is 284 g/mol. The first-order valence-electron chi connectivity index (χ1n) is 4.72. The highest BCUT2D eigenvalue weighted by atomic mass is 35.5. The average Bonchev–Trinajstić information content (AvgIpc) is 2.07. The van der Waals surface area contributed by atoms with Gasteiger partial charge in [-0.3, -0.25) is 0 Å². The Hall–Kier alpha value is -0.150. The molecule has 0 aliphatic rings. The van der Waals surface area contributed by atoms with Gasteiger partial charge in [0.15, 0.2) is 0 Å². The van der Waals surface area contributed by atoms with Crippen molar-refractivity contribution in [2.24, 2.45) is 5.73 Å². The van der Waals surface area contributed by atoms with Crippen LogP contribution in [-0.4, -0.2) is 20.1 Å². The molecule has 94 valence electrons. The Balaban J connectivity index is 0. The number of hydrogen-bond donors (Lipinski definition) is 1. The molecule has 0 spiro atoms. The summed E-state index contributed by atoms with van der Waals surface area (Å²) in [6.45, 7) is 1.98. The topological polar surface area (TPSA) is 29.3 Å². The molecule has 0 radical (unpaired) electrons. The number of benzene rings is 1. The molecule has 16 heavy (non-hydrogen) atoms. The van der Waals surface area contributed by atoms with Gasteiger partial charge in [-0.2, -0.15) is 0 Å². The second-order valence-corrected chi connectivity index (χ2v) is 4.26. The summed E-state index contributed by atoms with van der Waals surface area (Å²) in [5, 5.41) is 0.800. The van der Waals surface area contributed by atoms with Crippen LogP contribution in [0.2, 0.25) is 5.02 Å². The fraction of sp³-hybridized carbons (Fsp3) is 0.455. The summed E-state index contributed by atoms with van der Waals surface area (Å²) in [4.78, 5) is 2.03. The number of halogens is 3. The van der Waals surface area contributed by atoms with Gasteiger partial charge >= 0.3 is 0 Å². The van der Waals surface area contributed by atoms with Crippen molar-refractivity contribution in [2.75, 3.05) is 19.0 Å². The maximum Gasteiger partial charge on any atom is 0.0459 e. The van der Waals surface area contributed by atoms with E-state index in [2.05, 4.69) is 6.07 Å². The number of nitrogens with two attached hydrogens (primary N) is 1. The maximum atomic E-state index is 6.14. The zero-order valence-electron chi connectivity index (χ0n) is 9.74. The molecular weight excluding hydrogens is 266 g/mol. The molecule has 0 saturated heterocycles. The molecular formula is C11H19Cl3N2. The molecule has 0 aliphatic heterocycles. The largest absolute Gasteiger partial charge is 0.378 e. The van der Waals surface area contributed by atoms with E-state index in [9.17, 15) is 0 Å². The molecule has 1 rings (SSSR count). The minimum Gasteiger partial charge on any atom is -0.378 e. The van der Waals surface area contributed by atoms with Gasteiger partial charge in [-0.25, -0.2) is 0 Å². The van der Waals surface area contributed by atoms with Crippen LogP contribution in [0.25, 0.3) is 0 Å².